The second-order valence-corrected chi connectivity index (χ2v) is 9.42. The van der Waals surface area contributed by atoms with Gasteiger partial charge in [0.15, 0.2) is 0 Å². The predicted molar refractivity (Wildman–Crippen MR) is 124 cm³/mol. The van der Waals surface area contributed by atoms with Crippen molar-refractivity contribution in [2.24, 2.45) is 0 Å². The van der Waals surface area contributed by atoms with Crippen molar-refractivity contribution in [2.45, 2.75) is 72.3 Å². The lowest BCUT2D eigenvalue weighted by molar-refractivity contribution is 0.172. The summed E-state index contributed by atoms with van der Waals surface area (Å²) in [6, 6.07) is 10.0. The summed E-state index contributed by atoms with van der Waals surface area (Å²) in [5.74, 6) is 1.14. The molecular weight excluding hydrogens is 354 g/mol. The van der Waals surface area contributed by atoms with Crippen LogP contribution in [0.3, 0.4) is 0 Å². The van der Waals surface area contributed by atoms with Crippen LogP contribution >= 0.6 is 0 Å². The molecule has 29 heavy (non-hydrogen) atoms. The lowest BCUT2D eigenvalue weighted by Crippen LogP contribution is -2.37. The Morgan fingerprint density at radius 1 is 1.03 bits per heavy atom. The maximum Gasteiger partial charge on any atom is 0.0503 e. The van der Waals surface area contributed by atoms with E-state index in [9.17, 15) is 0 Å². The Labute approximate surface area is 175 Å². The predicted octanol–water partition coefficient (Wildman–Crippen LogP) is 6.56. The van der Waals surface area contributed by atoms with Gasteiger partial charge in [-0.2, -0.15) is 0 Å². The highest BCUT2D eigenvalue weighted by molar-refractivity contribution is 5.92. The summed E-state index contributed by atoms with van der Waals surface area (Å²) in [7, 11) is 0. The van der Waals surface area contributed by atoms with Crippen molar-refractivity contribution in [1.82, 2.24) is 14.9 Å². The fourth-order valence-electron chi connectivity index (χ4n) is 4.94. The van der Waals surface area contributed by atoms with Gasteiger partial charge in [-0.15, -0.1) is 0 Å². The second kappa shape index (κ2) is 7.95. The van der Waals surface area contributed by atoms with Gasteiger partial charge in [-0.05, 0) is 100 Å². The Kier molecular flexibility index (Phi) is 5.52. The summed E-state index contributed by atoms with van der Waals surface area (Å²) in [5, 5.41) is 1.40. The number of benzene rings is 1. The van der Waals surface area contributed by atoms with E-state index in [1.807, 2.05) is 6.20 Å². The molecule has 0 aliphatic carbocycles. The topological polar surface area (TPSA) is 31.9 Å². The number of piperidine rings is 1. The Hall–Kier alpha value is -2.13. The maximum atomic E-state index is 4.47. The van der Waals surface area contributed by atoms with E-state index < -0.39 is 0 Å². The number of nitrogens with zero attached hydrogens (tertiary/aromatic N) is 2. The zero-order chi connectivity index (χ0) is 20.7. The number of rotatable bonds is 4. The number of aryl methyl sites for hydroxylation is 2. The van der Waals surface area contributed by atoms with E-state index >= 15 is 0 Å². The summed E-state index contributed by atoms with van der Waals surface area (Å²) in [4.78, 5) is 10.8. The van der Waals surface area contributed by atoms with Crippen LogP contribution in [-0.4, -0.2) is 34.0 Å². The smallest absolute Gasteiger partial charge is 0.0503 e. The van der Waals surface area contributed by atoms with Gasteiger partial charge >= 0.3 is 0 Å². The van der Waals surface area contributed by atoms with Gasteiger partial charge in [0.2, 0.25) is 0 Å². The van der Waals surface area contributed by atoms with Gasteiger partial charge in [-0.25, -0.2) is 0 Å². The SMILES string of the molecule is Cc1cc(-c2[nH]c3ccc(C4CCN(C(C)C)CC4)cc3c2C(C)C)c(C)cn1. The van der Waals surface area contributed by atoms with E-state index in [1.165, 1.54) is 64.8 Å². The number of fused-ring (bicyclic) bond motifs is 1. The van der Waals surface area contributed by atoms with Crippen molar-refractivity contribution in [3.63, 3.8) is 0 Å². The zero-order valence-corrected chi connectivity index (χ0v) is 18.8. The maximum absolute atomic E-state index is 4.47. The number of H-pyrrole nitrogens is 1. The summed E-state index contributed by atoms with van der Waals surface area (Å²) >= 11 is 0. The standard InChI is InChI=1S/C26H35N3/c1-16(2)25-23-14-21(20-9-11-29(12-10-20)17(3)4)7-8-24(23)28-26(25)22-13-19(6)27-15-18(22)5/h7-8,13-17,20,28H,9-12H2,1-6H3. The molecule has 154 valence electrons. The van der Waals surface area contributed by atoms with E-state index in [4.69, 9.17) is 0 Å². The fourth-order valence-corrected chi connectivity index (χ4v) is 4.94. The summed E-state index contributed by atoms with van der Waals surface area (Å²) in [6.07, 6.45) is 4.52. The van der Waals surface area contributed by atoms with Crippen LogP contribution in [-0.2, 0) is 0 Å². The average Bonchev–Trinajstić information content (AvgIpc) is 3.08. The van der Waals surface area contributed by atoms with Crippen molar-refractivity contribution < 1.29 is 0 Å². The second-order valence-electron chi connectivity index (χ2n) is 9.42. The molecule has 1 N–H and O–H groups in total. The number of hydrogen-bond acceptors (Lipinski definition) is 2. The van der Waals surface area contributed by atoms with Crippen molar-refractivity contribution in [3.8, 4) is 11.3 Å². The highest BCUT2D eigenvalue weighted by Gasteiger charge is 2.24. The highest BCUT2D eigenvalue weighted by Crippen LogP contribution is 2.39. The van der Waals surface area contributed by atoms with Crippen LogP contribution in [0.5, 0.6) is 0 Å². The van der Waals surface area contributed by atoms with E-state index in [0.717, 1.165) is 5.69 Å². The van der Waals surface area contributed by atoms with Crippen molar-refractivity contribution >= 4 is 10.9 Å². The first-order valence-electron chi connectivity index (χ1n) is 11.2. The van der Waals surface area contributed by atoms with E-state index in [0.29, 0.717) is 17.9 Å². The molecule has 0 bridgehead atoms. The van der Waals surface area contributed by atoms with Gasteiger partial charge in [0.25, 0.3) is 0 Å². The third-order valence-electron chi connectivity index (χ3n) is 6.68. The number of nitrogens with one attached hydrogen (secondary N) is 1. The normalized spacial score (nSPS) is 16.4. The van der Waals surface area contributed by atoms with Crippen LogP contribution in [0.2, 0.25) is 0 Å². The number of aromatic nitrogens is 2. The summed E-state index contributed by atoms with van der Waals surface area (Å²) < 4.78 is 0. The first-order valence-corrected chi connectivity index (χ1v) is 11.2. The molecule has 0 radical (unpaired) electrons. The molecule has 3 heterocycles. The molecular formula is C26H35N3. The van der Waals surface area contributed by atoms with Crippen molar-refractivity contribution in [2.75, 3.05) is 13.1 Å². The third-order valence-corrected chi connectivity index (χ3v) is 6.68. The minimum absolute atomic E-state index is 0.463. The molecule has 2 aromatic heterocycles. The van der Waals surface area contributed by atoms with Gasteiger partial charge in [0.05, 0.1) is 5.69 Å². The van der Waals surface area contributed by atoms with Crippen LogP contribution < -0.4 is 0 Å². The fraction of sp³-hybridized carbons (Fsp3) is 0.500. The molecule has 0 saturated carbocycles. The minimum atomic E-state index is 0.463. The zero-order valence-electron chi connectivity index (χ0n) is 18.8. The molecule has 0 unspecified atom stereocenters. The average molecular weight is 390 g/mol. The van der Waals surface area contributed by atoms with Gasteiger partial charge in [-0.1, -0.05) is 19.9 Å². The Morgan fingerprint density at radius 3 is 2.41 bits per heavy atom. The monoisotopic (exact) mass is 389 g/mol. The molecule has 1 aliphatic rings. The molecule has 1 aromatic carbocycles. The molecule has 0 spiro atoms. The lowest BCUT2D eigenvalue weighted by Gasteiger charge is -2.34. The summed E-state index contributed by atoms with van der Waals surface area (Å²) in [5.41, 5.74) is 9.04. The Morgan fingerprint density at radius 2 is 1.76 bits per heavy atom. The van der Waals surface area contributed by atoms with Crippen LogP contribution in [0.4, 0.5) is 0 Å². The molecule has 4 rings (SSSR count). The first-order chi connectivity index (χ1) is 13.8. The van der Waals surface area contributed by atoms with Crippen molar-refractivity contribution in [1.29, 1.82) is 0 Å². The lowest BCUT2D eigenvalue weighted by atomic mass is 9.87. The molecule has 1 aliphatic heterocycles. The molecule has 3 heteroatoms. The number of hydrogen-bond donors (Lipinski definition) is 1. The van der Waals surface area contributed by atoms with Crippen LogP contribution in [0.15, 0.2) is 30.5 Å². The minimum Gasteiger partial charge on any atom is -0.354 e. The highest BCUT2D eigenvalue weighted by atomic mass is 15.1. The van der Waals surface area contributed by atoms with Gasteiger partial charge in [0, 0.05) is 34.4 Å². The quantitative estimate of drug-likeness (QED) is 0.548. The van der Waals surface area contributed by atoms with Gasteiger partial charge in [-0.3, -0.25) is 4.98 Å². The van der Waals surface area contributed by atoms with E-state index in [-0.39, 0.29) is 0 Å². The number of likely N-dealkylation sites (tertiary alicyclic amines) is 1. The molecule has 1 saturated heterocycles. The van der Waals surface area contributed by atoms with Crippen molar-refractivity contribution in [3.05, 3.63) is 52.8 Å². The Balaban J connectivity index is 1.75. The van der Waals surface area contributed by atoms with E-state index in [1.54, 1.807) is 0 Å². The number of pyridine rings is 1. The molecule has 3 nitrogen and oxygen atoms in total. The molecule has 3 aromatic rings. The van der Waals surface area contributed by atoms with E-state index in [2.05, 4.69) is 80.7 Å². The van der Waals surface area contributed by atoms with Gasteiger partial charge in [0.1, 0.15) is 0 Å². The largest absolute Gasteiger partial charge is 0.354 e. The third kappa shape index (κ3) is 3.85. The first kappa shape index (κ1) is 20.2. The molecule has 1 fully saturated rings. The van der Waals surface area contributed by atoms with Crippen LogP contribution in [0.25, 0.3) is 22.2 Å². The summed E-state index contributed by atoms with van der Waals surface area (Å²) in [6.45, 7) is 15.9. The number of aromatic amines is 1. The van der Waals surface area contributed by atoms with Crippen LogP contribution in [0, 0.1) is 13.8 Å². The molecule has 0 atom stereocenters. The van der Waals surface area contributed by atoms with Crippen LogP contribution in [0.1, 0.15) is 74.8 Å². The Bertz CT molecular complexity index is 1000. The van der Waals surface area contributed by atoms with Gasteiger partial charge < -0.3 is 9.88 Å². The molecule has 0 amide bonds.